The van der Waals surface area contributed by atoms with Crippen LogP contribution < -0.4 is 0 Å². The summed E-state index contributed by atoms with van der Waals surface area (Å²) in [5.41, 5.74) is -3.34. The van der Waals surface area contributed by atoms with Crippen molar-refractivity contribution in [3.8, 4) is 0 Å². The normalized spacial score (nSPS) is 23.7. The smallest absolute Gasteiger partial charge is 0.438 e. The van der Waals surface area contributed by atoms with Gasteiger partial charge < -0.3 is 9.52 Å². The average molecular weight is 341 g/mol. The Labute approximate surface area is 113 Å². The predicted octanol–water partition coefficient (Wildman–Crippen LogP) is 2.51. The fourth-order valence-corrected chi connectivity index (χ4v) is 1.99. The molecule has 1 N–H and O–H groups in total. The molecule has 1 aliphatic rings. The molecule has 0 aliphatic carbocycles. The van der Waals surface area contributed by atoms with Crippen molar-refractivity contribution in [1.29, 1.82) is 0 Å². The first-order valence-corrected chi connectivity index (χ1v) is 5.87. The van der Waals surface area contributed by atoms with Crippen LogP contribution in [-0.4, -0.2) is 33.6 Å². The third-order valence-electron chi connectivity index (χ3n) is 2.55. The van der Waals surface area contributed by atoms with Crippen molar-refractivity contribution in [2.75, 3.05) is 0 Å². The number of nitrogens with zero attached hydrogens (tertiary/aromatic N) is 2. The van der Waals surface area contributed by atoms with Gasteiger partial charge in [-0.3, -0.25) is 4.79 Å². The van der Waals surface area contributed by atoms with E-state index in [2.05, 4.69) is 21.0 Å². The van der Waals surface area contributed by atoms with Crippen molar-refractivity contribution in [2.24, 2.45) is 5.10 Å². The number of carbonyl (C=O) groups excluding carboxylic acids is 1. The molecule has 0 saturated heterocycles. The van der Waals surface area contributed by atoms with Crippen molar-refractivity contribution >= 4 is 27.5 Å². The van der Waals surface area contributed by atoms with Crippen LogP contribution in [0, 0.1) is 0 Å². The van der Waals surface area contributed by atoms with Crippen molar-refractivity contribution in [3.05, 3.63) is 22.6 Å². The minimum absolute atomic E-state index is 0.00111. The molecular weight excluding hydrogens is 333 g/mol. The van der Waals surface area contributed by atoms with E-state index in [1.54, 1.807) is 0 Å². The molecule has 5 nitrogen and oxygen atoms in total. The van der Waals surface area contributed by atoms with Gasteiger partial charge in [0.1, 0.15) is 0 Å². The number of aliphatic hydroxyl groups is 1. The van der Waals surface area contributed by atoms with Gasteiger partial charge in [-0.2, -0.15) is 23.3 Å². The lowest BCUT2D eigenvalue weighted by Gasteiger charge is -2.32. The number of rotatable bonds is 1. The second-order valence-corrected chi connectivity index (χ2v) is 4.83. The summed E-state index contributed by atoms with van der Waals surface area (Å²) in [6, 6.07) is 2.54. The van der Waals surface area contributed by atoms with Gasteiger partial charge in [-0.05, 0) is 35.0 Å². The van der Waals surface area contributed by atoms with E-state index < -0.39 is 24.2 Å². The number of hydrazone groups is 1. The van der Waals surface area contributed by atoms with Gasteiger partial charge >= 0.3 is 12.1 Å². The summed E-state index contributed by atoms with van der Waals surface area (Å²) in [6.07, 6.45) is -5.81. The number of hydrogen-bond donors (Lipinski definition) is 1. The summed E-state index contributed by atoms with van der Waals surface area (Å²) in [4.78, 5) is 11.9. The van der Waals surface area contributed by atoms with E-state index in [-0.39, 0.29) is 21.2 Å². The molecule has 0 radical (unpaired) electrons. The molecule has 0 bridgehead atoms. The molecule has 2 heterocycles. The molecule has 0 unspecified atom stereocenters. The Kier molecular flexibility index (Phi) is 3.21. The lowest BCUT2D eigenvalue weighted by atomic mass is 10.1. The van der Waals surface area contributed by atoms with Gasteiger partial charge in [0.15, 0.2) is 10.4 Å². The van der Waals surface area contributed by atoms with Gasteiger partial charge in [-0.15, -0.1) is 0 Å². The zero-order valence-corrected chi connectivity index (χ0v) is 11.1. The Balaban J connectivity index is 2.39. The van der Waals surface area contributed by atoms with Gasteiger partial charge in [0.2, 0.25) is 0 Å². The van der Waals surface area contributed by atoms with Gasteiger partial charge in [0, 0.05) is 12.1 Å². The summed E-state index contributed by atoms with van der Waals surface area (Å²) < 4.78 is 43.7. The summed E-state index contributed by atoms with van der Waals surface area (Å²) in [6.45, 7) is 1.29. The van der Waals surface area contributed by atoms with Crippen molar-refractivity contribution in [1.82, 2.24) is 5.01 Å². The Morgan fingerprint density at radius 1 is 1.58 bits per heavy atom. The van der Waals surface area contributed by atoms with Crippen LogP contribution in [0.2, 0.25) is 0 Å². The fourth-order valence-electron chi connectivity index (χ4n) is 1.69. The lowest BCUT2D eigenvalue weighted by molar-refractivity contribution is -0.297. The number of furan rings is 1. The van der Waals surface area contributed by atoms with Gasteiger partial charge in [-0.1, -0.05) is 0 Å². The van der Waals surface area contributed by atoms with Crippen molar-refractivity contribution < 1.29 is 27.5 Å². The standard InChI is InChI=1S/C10H8BrF3N2O3/c1-5-4-9(18,10(12,13)14)16(15-5)8(17)6-2-3-7(11)19-6/h2-3,18H,4H2,1H3/t9-/m0/s1. The van der Waals surface area contributed by atoms with Gasteiger partial charge in [0.25, 0.3) is 5.72 Å². The number of carbonyl (C=O) groups is 1. The first-order valence-electron chi connectivity index (χ1n) is 5.08. The maximum absolute atomic E-state index is 12.9. The maximum Gasteiger partial charge on any atom is 0.438 e. The predicted molar refractivity (Wildman–Crippen MR) is 61.3 cm³/mol. The van der Waals surface area contributed by atoms with Crippen LogP contribution in [-0.2, 0) is 0 Å². The van der Waals surface area contributed by atoms with Crippen LogP contribution in [0.1, 0.15) is 23.9 Å². The van der Waals surface area contributed by atoms with Crippen LogP contribution in [0.15, 0.2) is 26.3 Å². The second-order valence-electron chi connectivity index (χ2n) is 4.05. The molecule has 9 heteroatoms. The highest BCUT2D eigenvalue weighted by Crippen LogP contribution is 2.41. The van der Waals surface area contributed by atoms with Crippen LogP contribution in [0.3, 0.4) is 0 Å². The molecule has 104 valence electrons. The molecule has 1 atom stereocenters. The van der Waals surface area contributed by atoms with E-state index in [1.165, 1.54) is 19.1 Å². The molecule has 19 heavy (non-hydrogen) atoms. The van der Waals surface area contributed by atoms with Gasteiger partial charge in [0.05, 0.1) is 0 Å². The third-order valence-corrected chi connectivity index (χ3v) is 2.98. The lowest BCUT2D eigenvalue weighted by Crippen LogP contribution is -2.56. The van der Waals surface area contributed by atoms with E-state index in [0.717, 1.165) is 0 Å². The average Bonchev–Trinajstić information content (AvgIpc) is 2.81. The zero-order valence-electron chi connectivity index (χ0n) is 9.53. The largest absolute Gasteiger partial charge is 0.444 e. The van der Waals surface area contributed by atoms with Crippen LogP contribution in [0.5, 0.6) is 0 Å². The molecule has 0 aromatic carbocycles. The first-order chi connectivity index (χ1) is 8.65. The fraction of sp³-hybridized carbons (Fsp3) is 0.400. The highest BCUT2D eigenvalue weighted by atomic mass is 79.9. The molecule has 0 spiro atoms. The summed E-state index contributed by atoms with van der Waals surface area (Å²) in [5.74, 6) is -1.52. The molecule has 0 saturated carbocycles. The van der Waals surface area contributed by atoms with Crippen molar-refractivity contribution in [2.45, 2.75) is 25.2 Å². The number of hydrogen-bond acceptors (Lipinski definition) is 4. The minimum Gasteiger partial charge on any atom is -0.444 e. The molecule has 1 aliphatic heterocycles. The van der Waals surface area contributed by atoms with Crippen LogP contribution in [0.25, 0.3) is 0 Å². The molecule has 2 rings (SSSR count). The van der Waals surface area contributed by atoms with E-state index in [4.69, 9.17) is 4.42 Å². The molecular formula is C10H8BrF3N2O3. The maximum atomic E-state index is 12.9. The highest BCUT2D eigenvalue weighted by Gasteiger charge is 2.63. The van der Waals surface area contributed by atoms with Gasteiger partial charge in [-0.25, -0.2) is 0 Å². The monoisotopic (exact) mass is 340 g/mol. The van der Waals surface area contributed by atoms with E-state index >= 15 is 0 Å². The van der Waals surface area contributed by atoms with E-state index in [1.807, 2.05) is 0 Å². The number of amides is 1. The summed E-state index contributed by atoms with van der Waals surface area (Å²) in [5, 5.41) is 13.2. The Bertz CT molecular complexity index is 554. The van der Waals surface area contributed by atoms with E-state index in [9.17, 15) is 23.1 Å². The second kappa shape index (κ2) is 4.34. The first kappa shape index (κ1) is 14.1. The minimum atomic E-state index is -5.02. The topological polar surface area (TPSA) is 66.0 Å². The zero-order chi connectivity index (χ0) is 14.4. The molecule has 0 fully saturated rings. The SMILES string of the molecule is CC1=NN(C(=O)c2ccc(Br)o2)[C@@](O)(C(F)(F)F)C1. The Morgan fingerprint density at radius 3 is 2.68 bits per heavy atom. The number of halogens is 4. The Morgan fingerprint density at radius 2 is 2.21 bits per heavy atom. The molecule has 1 aromatic heterocycles. The summed E-state index contributed by atoms with van der Waals surface area (Å²) in [7, 11) is 0. The highest BCUT2D eigenvalue weighted by molar-refractivity contribution is 9.10. The summed E-state index contributed by atoms with van der Waals surface area (Å²) >= 11 is 2.93. The van der Waals surface area contributed by atoms with Crippen molar-refractivity contribution in [3.63, 3.8) is 0 Å². The van der Waals surface area contributed by atoms with Crippen LogP contribution in [0.4, 0.5) is 13.2 Å². The number of alkyl halides is 3. The third kappa shape index (κ3) is 2.27. The molecule has 1 aromatic rings. The van der Waals surface area contributed by atoms with E-state index in [0.29, 0.717) is 0 Å². The molecule has 1 amide bonds. The quantitative estimate of drug-likeness (QED) is 0.854. The Hall–Kier alpha value is -1.35. The van der Waals surface area contributed by atoms with Crippen LogP contribution >= 0.6 is 15.9 Å².